The minimum Gasteiger partial charge on any atom is -0.341 e. The van der Waals surface area contributed by atoms with E-state index in [0.717, 1.165) is 36.0 Å². The summed E-state index contributed by atoms with van der Waals surface area (Å²) in [5.74, 6) is -0.426. The average Bonchev–Trinajstić information content (AvgIpc) is 2.84. The maximum atomic E-state index is 13.3. The van der Waals surface area contributed by atoms with Gasteiger partial charge in [0.15, 0.2) is 0 Å². The summed E-state index contributed by atoms with van der Waals surface area (Å²) in [6, 6.07) is 21.5. The Labute approximate surface area is 200 Å². The minimum absolute atomic E-state index is 0.0885. The molecule has 1 aliphatic heterocycles. The average molecular weight is 483 g/mol. The van der Waals surface area contributed by atoms with Crippen LogP contribution in [0.25, 0.3) is 0 Å². The van der Waals surface area contributed by atoms with Gasteiger partial charge in [-0.15, -0.1) is 0 Å². The van der Waals surface area contributed by atoms with E-state index in [1.54, 1.807) is 0 Å². The minimum atomic E-state index is -3.68. The van der Waals surface area contributed by atoms with Crippen molar-refractivity contribution in [3.63, 3.8) is 0 Å². The van der Waals surface area contributed by atoms with Crippen LogP contribution in [0.4, 0.5) is 0 Å². The zero-order chi connectivity index (χ0) is 23.4. The van der Waals surface area contributed by atoms with Gasteiger partial charge in [0.2, 0.25) is 10.0 Å². The van der Waals surface area contributed by atoms with E-state index >= 15 is 0 Å². The van der Waals surface area contributed by atoms with Crippen molar-refractivity contribution in [2.45, 2.75) is 37.1 Å². The molecular formula is C26H27ClN2O3S. The van der Waals surface area contributed by atoms with Crippen LogP contribution in [0.1, 0.15) is 52.4 Å². The third-order valence-electron chi connectivity index (χ3n) is 5.95. The van der Waals surface area contributed by atoms with Crippen molar-refractivity contribution in [3.8, 4) is 0 Å². The second-order valence-electron chi connectivity index (χ2n) is 8.33. The highest BCUT2D eigenvalue weighted by molar-refractivity contribution is 7.89. The van der Waals surface area contributed by atoms with E-state index in [1.807, 2.05) is 61.5 Å². The van der Waals surface area contributed by atoms with Gasteiger partial charge < -0.3 is 5.32 Å². The molecule has 5 nitrogen and oxygen atoms in total. The fraction of sp³-hybridized carbons (Fsp3) is 0.269. The Balaban J connectivity index is 1.66. The monoisotopic (exact) mass is 482 g/mol. The SMILES string of the molecule is Cc1ccc([C@H](NC(=O)c2cc(S(=O)(=O)N3CCCCC3)ccc2Cl)c2ccccc2)cc1. The lowest BCUT2D eigenvalue weighted by Crippen LogP contribution is -2.36. The molecule has 0 unspecified atom stereocenters. The third-order valence-corrected chi connectivity index (χ3v) is 8.18. The van der Waals surface area contributed by atoms with E-state index in [9.17, 15) is 13.2 Å². The topological polar surface area (TPSA) is 66.5 Å². The smallest absolute Gasteiger partial charge is 0.253 e. The normalized spacial score (nSPS) is 15.7. The predicted octanol–water partition coefficient (Wildman–Crippen LogP) is 5.34. The summed E-state index contributed by atoms with van der Waals surface area (Å²) in [5.41, 5.74) is 3.11. The highest BCUT2D eigenvalue weighted by Gasteiger charge is 2.28. The van der Waals surface area contributed by atoms with Crippen LogP contribution in [0.2, 0.25) is 5.02 Å². The first-order valence-electron chi connectivity index (χ1n) is 11.1. The molecule has 172 valence electrons. The standard InChI is InChI=1S/C26H27ClN2O3S/c1-19-10-12-21(13-11-19)25(20-8-4-2-5-9-20)28-26(30)23-18-22(14-15-24(23)27)33(31,32)29-16-6-3-7-17-29/h2,4-5,8-15,18,25H,3,6-7,16-17H2,1H3,(H,28,30)/t25-/m1/s1. The predicted molar refractivity (Wildman–Crippen MR) is 131 cm³/mol. The van der Waals surface area contributed by atoms with Crippen molar-refractivity contribution < 1.29 is 13.2 Å². The van der Waals surface area contributed by atoms with Crippen LogP contribution >= 0.6 is 11.6 Å². The Morgan fingerprint density at radius 1 is 0.909 bits per heavy atom. The Hall–Kier alpha value is -2.67. The van der Waals surface area contributed by atoms with Crippen LogP contribution < -0.4 is 5.32 Å². The number of benzene rings is 3. The zero-order valence-corrected chi connectivity index (χ0v) is 20.1. The van der Waals surface area contributed by atoms with Crippen LogP contribution in [0.15, 0.2) is 77.7 Å². The molecule has 0 aliphatic carbocycles. The number of carbonyl (C=O) groups is 1. The number of amides is 1. The third kappa shape index (κ3) is 5.29. The molecule has 1 saturated heterocycles. The van der Waals surface area contributed by atoms with Crippen molar-refractivity contribution in [2.24, 2.45) is 0 Å². The van der Waals surface area contributed by atoms with Gasteiger partial charge in [0.05, 0.1) is 21.5 Å². The van der Waals surface area contributed by atoms with Crippen LogP contribution in [-0.4, -0.2) is 31.7 Å². The van der Waals surface area contributed by atoms with E-state index in [0.29, 0.717) is 13.1 Å². The van der Waals surface area contributed by atoms with Crippen LogP contribution in [0.3, 0.4) is 0 Å². The molecule has 33 heavy (non-hydrogen) atoms. The van der Waals surface area contributed by atoms with Gasteiger partial charge in [0.25, 0.3) is 5.91 Å². The fourth-order valence-electron chi connectivity index (χ4n) is 4.07. The van der Waals surface area contributed by atoms with Gasteiger partial charge in [-0.2, -0.15) is 4.31 Å². The first-order valence-corrected chi connectivity index (χ1v) is 12.9. The Morgan fingerprint density at radius 3 is 2.21 bits per heavy atom. The summed E-state index contributed by atoms with van der Waals surface area (Å²) < 4.78 is 27.7. The van der Waals surface area contributed by atoms with Crippen LogP contribution in [0, 0.1) is 6.92 Å². The number of rotatable bonds is 6. The molecule has 1 fully saturated rings. The lowest BCUT2D eigenvalue weighted by Gasteiger charge is -2.26. The Morgan fingerprint density at radius 2 is 1.55 bits per heavy atom. The maximum Gasteiger partial charge on any atom is 0.253 e. The molecule has 0 saturated carbocycles. The molecule has 0 aromatic heterocycles. The number of halogens is 1. The van der Waals surface area contributed by atoms with Crippen molar-refractivity contribution in [3.05, 3.63) is 100 Å². The highest BCUT2D eigenvalue weighted by Crippen LogP contribution is 2.27. The first-order chi connectivity index (χ1) is 15.9. The number of sulfonamides is 1. The van der Waals surface area contributed by atoms with Gasteiger partial charge in [0.1, 0.15) is 0 Å². The lowest BCUT2D eigenvalue weighted by molar-refractivity contribution is 0.0943. The molecule has 1 amide bonds. The van der Waals surface area contributed by atoms with E-state index < -0.39 is 22.0 Å². The molecule has 1 heterocycles. The van der Waals surface area contributed by atoms with Crippen molar-refractivity contribution in [1.82, 2.24) is 9.62 Å². The molecule has 1 atom stereocenters. The maximum absolute atomic E-state index is 13.3. The molecule has 3 aromatic rings. The largest absolute Gasteiger partial charge is 0.341 e. The van der Waals surface area contributed by atoms with Gasteiger partial charge >= 0.3 is 0 Å². The number of hydrogen-bond acceptors (Lipinski definition) is 3. The van der Waals surface area contributed by atoms with Crippen molar-refractivity contribution in [2.75, 3.05) is 13.1 Å². The summed E-state index contributed by atoms with van der Waals surface area (Å²) in [6.07, 6.45) is 2.71. The Kier molecular flexibility index (Phi) is 7.17. The molecule has 0 radical (unpaired) electrons. The molecule has 0 spiro atoms. The molecule has 1 aliphatic rings. The summed E-state index contributed by atoms with van der Waals surface area (Å²) in [4.78, 5) is 13.4. The van der Waals surface area contributed by atoms with E-state index in [4.69, 9.17) is 11.6 Å². The second-order valence-corrected chi connectivity index (χ2v) is 10.7. The molecule has 4 rings (SSSR count). The summed E-state index contributed by atoms with van der Waals surface area (Å²) in [5, 5.41) is 3.26. The van der Waals surface area contributed by atoms with E-state index in [-0.39, 0.29) is 15.5 Å². The second kappa shape index (κ2) is 10.1. The zero-order valence-electron chi connectivity index (χ0n) is 18.5. The van der Waals surface area contributed by atoms with Crippen molar-refractivity contribution >= 4 is 27.5 Å². The van der Waals surface area contributed by atoms with Crippen molar-refractivity contribution in [1.29, 1.82) is 0 Å². The quantitative estimate of drug-likeness (QED) is 0.515. The number of aryl methyl sites for hydroxylation is 1. The van der Waals surface area contributed by atoms with Crippen LogP contribution in [0.5, 0.6) is 0 Å². The highest BCUT2D eigenvalue weighted by atomic mass is 35.5. The molecule has 3 aromatic carbocycles. The first kappa shape index (κ1) is 23.5. The number of carbonyl (C=O) groups excluding carboxylic acids is 1. The van der Waals surface area contributed by atoms with Crippen LogP contribution in [-0.2, 0) is 10.0 Å². The number of hydrogen-bond donors (Lipinski definition) is 1. The van der Waals surface area contributed by atoms with Gasteiger partial charge in [-0.05, 0) is 49.1 Å². The molecule has 7 heteroatoms. The fourth-order valence-corrected chi connectivity index (χ4v) is 5.81. The Bertz CT molecular complexity index is 1220. The van der Waals surface area contributed by atoms with Gasteiger partial charge in [-0.1, -0.05) is 78.2 Å². The summed E-state index contributed by atoms with van der Waals surface area (Å²) in [6.45, 7) is 3.00. The summed E-state index contributed by atoms with van der Waals surface area (Å²) >= 11 is 6.35. The summed E-state index contributed by atoms with van der Waals surface area (Å²) in [7, 11) is -3.68. The number of nitrogens with zero attached hydrogens (tertiary/aromatic N) is 1. The molecular weight excluding hydrogens is 456 g/mol. The lowest BCUT2D eigenvalue weighted by atomic mass is 9.97. The molecule has 1 N–H and O–H groups in total. The van der Waals surface area contributed by atoms with Gasteiger partial charge in [-0.3, -0.25) is 4.79 Å². The number of nitrogens with one attached hydrogen (secondary N) is 1. The number of piperidine rings is 1. The molecule has 0 bridgehead atoms. The van der Waals surface area contributed by atoms with Gasteiger partial charge in [0, 0.05) is 13.1 Å². The van der Waals surface area contributed by atoms with E-state index in [1.165, 1.54) is 22.5 Å². The van der Waals surface area contributed by atoms with E-state index in [2.05, 4.69) is 5.32 Å². The van der Waals surface area contributed by atoms with Gasteiger partial charge in [-0.25, -0.2) is 8.42 Å².